The van der Waals surface area contributed by atoms with Crippen LogP contribution in [0, 0.1) is 5.92 Å². The summed E-state index contributed by atoms with van der Waals surface area (Å²) in [5.41, 5.74) is 1.80. The summed E-state index contributed by atoms with van der Waals surface area (Å²) >= 11 is 9.27. The lowest BCUT2D eigenvalue weighted by Crippen LogP contribution is -2.40. The van der Waals surface area contributed by atoms with Crippen molar-refractivity contribution in [3.8, 4) is 0 Å². The number of piperidine rings is 1. The van der Waals surface area contributed by atoms with Crippen LogP contribution in [-0.4, -0.2) is 36.5 Å². The van der Waals surface area contributed by atoms with Crippen molar-refractivity contribution in [2.75, 3.05) is 19.7 Å². The fourth-order valence-corrected chi connectivity index (χ4v) is 3.56. The van der Waals surface area contributed by atoms with E-state index in [1.165, 1.54) is 0 Å². The second-order valence-corrected chi connectivity index (χ2v) is 7.98. The number of benzene rings is 2. The molecule has 0 aromatic heterocycles. The van der Waals surface area contributed by atoms with E-state index in [0.29, 0.717) is 49.5 Å². The predicted molar refractivity (Wildman–Crippen MR) is 109 cm³/mol. The molecule has 0 spiro atoms. The van der Waals surface area contributed by atoms with Crippen molar-refractivity contribution in [1.29, 1.82) is 0 Å². The van der Waals surface area contributed by atoms with Gasteiger partial charge >= 0.3 is 6.09 Å². The Balaban J connectivity index is 1.42. The van der Waals surface area contributed by atoms with Crippen LogP contribution in [0.15, 0.2) is 53.0 Å². The standard InChI is InChI=1S/C21H21BrClNO3/c22-18-5-1-15(2-6-18)11-14-27-21(26)24-12-9-17(10-13-24)20(25)16-3-7-19(23)8-4-16/h1-8,17H,9-14H2. The van der Waals surface area contributed by atoms with Crippen LogP contribution in [0.5, 0.6) is 0 Å². The summed E-state index contributed by atoms with van der Waals surface area (Å²) in [7, 11) is 0. The molecular weight excluding hydrogens is 430 g/mol. The molecule has 1 aliphatic heterocycles. The number of carbonyl (C=O) groups excluding carboxylic acids is 2. The number of carbonyl (C=O) groups is 2. The van der Waals surface area contributed by atoms with Gasteiger partial charge in [0, 0.05) is 40.5 Å². The third-order valence-corrected chi connectivity index (χ3v) is 5.56. The Labute approximate surface area is 172 Å². The topological polar surface area (TPSA) is 46.6 Å². The number of hydrogen-bond acceptors (Lipinski definition) is 3. The van der Waals surface area contributed by atoms with Gasteiger partial charge in [-0.05, 0) is 54.8 Å². The van der Waals surface area contributed by atoms with Crippen LogP contribution in [0.1, 0.15) is 28.8 Å². The summed E-state index contributed by atoms with van der Waals surface area (Å²) in [5.74, 6) is 0.0629. The molecule has 0 radical (unpaired) electrons. The van der Waals surface area contributed by atoms with Gasteiger partial charge in [0.2, 0.25) is 0 Å². The van der Waals surface area contributed by atoms with E-state index >= 15 is 0 Å². The molecule has 3 rings (SSSR count). The minimum absolute atomic E-state index is 0.0574. The monoisotopic (exact) mass is 449 g/mol. The van der Waals surface area contributed by atoms with E-state index < -0.39 is 0 Å². The molecule has 0 aliphatic carbocycles. The number of amides is 1. The van der Waals surface area contributed by atoms with E-state index in [1.54, 1.807) is 29.2 Å². The van der Waals surface area contributed by atoms with E-state index in [1.807, 2.05) is 24.3 Å². The zero-order chi connectivity index (χ0) is 19.2. The summed E-state index contributed by atoms with van der Waals surface area (Å²) in [5, 5.41) is 0.618. The van der Waals surface area contributed by atoms with Crippen molar-refractivity contribution >= 4 is 39.4 Å². The van der Waals surface area contributed by atoms with Crippen molar-refractivity contribution in [3.63, 3.8) is 0 Å². The molecule has 0 unspecified atom stereocenters. The first-order valence-electron chi connectivity index (χ1n) is 8.99. The van der Waals surface area contributed by atoms with Crippen molar-refractivity contribution in [1.82, 2.24) is 4.90 Å². The molecule has 1 aliphatic rings. The number of Topliss-reactive ketones (excluding diaryl/α,β-unsaturated/α-hetero) is 1. The molecule has 2 aromatic carbocycles. The van der Waals surface area contributed by atoms with Gasteiger partial charge in [0.1, 0.15) is 0 Å². The van der Waals surface area contributed by atoms with E-state index in [9.17, 15) is 9.59 Å². The Hall–Kier alpha value is -1.85. The molecule has 1 saturated heterocycles. The molecular formula is C21H21BrClNO3. The number of rotatable bonds is 5. The van der Waals surface area contributed by atoms with Crippen LogP contribution in [0.25, 0.3) is 0 Å². The average Bonchev–Trinajstić information content (AvgIpc) is 2.69. The molecule has 0 saturated carbocycles. The number of ketones is 1. The summed E-state index contributed by atoms with van der Waals surface area (Å²) in [6.07, 6.45) is 1.70. The van der Waals surface area contributed by atoms with Crippen molar-refractivity contribution in [2.45, 2.75) is 19.3 Å². The Bertz CT molecular complexity index is 784. The molecule has 2 aromatic rings. The molecule has 27 heavy (non-hydrogen) atoms. The highest BCUT2D eigenvalue weighted by Gasteiger charge is 2.28. The minimum Gasteiger partial charge on any atom is -0.449 e. The maximum Gasteiger partial charge on any atom is 0.409 e. The summed E-state index contributed by atoms with van der Waals surface area (Å²) < 4.78 is 6.41. The first-order valence-corrected chi connectivity index (χ1v) is 10.2. The van der Waals surface area contributed by atoms with Gasteiger partial charge < -0.3 is 9.64 Å². The second kappa shape index (κ2) is 9.38. The highest BCUT2D eigenvalue weighted by atomic mass is 79.9. The van der Waals surface area contributed by atoms with E-state index in [-0.39, 0.29) is 17.8 Å². The van der Waals surface area contributed by atoms with Crippen molar-refractivity contribution < 1.29 is 14.3 Å². The number of nitrogens with zero attached hydrogens (tertiary/aromatic N) is 1. The molecule has 6 heteroatoms. The SMILES string of the molecule is O=C(c1ccc(Cl)cc1)C1CCN(C(=O)OCCc2ccc(Br)cc2)CC1. The van der Waals surface area contributed by atoms with Crippen LogP contribution in [0.4, 0.5) is 4.79 Å². The van der Waals surface area contributed by atoms with Gasteiger partial charge in [-0.2, -0.15) is 0 Å². The highest BCUT2D eigenvalue weighted by Crippen LogP contribution is 2.23. The molecule has 0 atom stereocenters. The Morgan fingerprint density at radius 3 is 2.30 bits per heavy atom. The van der Waals surface area contributed by atoms with Gasteiger partial charge in [0.15, 0.2) is 5.78 Å². The number of hydrogen-bond donors (Lipinski definition) is 0. The maximum atomic E-state index is 12.6. The smallest absolute Gasteiger partial charge is 0.409 e. The fraction of sp³-hybridized carbons (Fsp3) is 0.333. The zero-order valence-electron chi connectivity index (χ0n) is 14.9. The van der Waals surface area contributed by atoms with Gasteiger partial charge in [0.05, 0.1) is 6.61 Å². The normalized spacial score (nSPS) is 14.8. The van der Waals surface area contributed by atoms with Gasteiger partial charge in [-0.15, -0.1) is 0 Å². The van der Waals surface area contributed by atoms with Crippen LogP contribution in [-0.2, 0) is 11.2 Å². The second-order valence-electron chi connectivity index (χ2n) is 6.62. The molecule has 0 bridgehead atoms. The lowest BCUT2D eigenvalue weighted by atomic mass is 9.89. The van der Waals surface area contributed by atoms with Crippen LogP contribution < -0.4 is 0 Å². The first kappa shape index (κ1) is 19.9. The molecule has 1 heterocycles. The van der Waals surface area contributed by atoms with Crippen LogP contribution >= 0.6 is 27.5 Å². The van der Waals surface area contributed by atoms with Gasteiger partial charge in [-0.1, -0.05) is 39.7 Å². The fourth-order valence-electron chi connectivity index (χ4n) is 3.17. The predicted octanol–water partition coefficient (Wildman–Crippen LogP) is 5.38. The zero-order valence-corrected chi connectivity index (χ0v) is 17.2. The summed E-state index contributed by atoms with van der Waals surface area (Å²) in [6, 6.07) is 14.9. The molecule has 1 fully saturated rings. The molecule has 142 valence electrons. The first-order chi connectivity index (χ1) is 13.0. The number of likely N-dealkylation sites (tertiary alicyclic amines) is 1. The van der Waals surface area contributed by atoms with Crippen LogP contribution in [0.2, 0.25) is 5.02 Å². The van der Waals surface area contributed by atoms with Gasteiger partial charge in [-0.3, -0.25) is 4.79 Å². The molecule has 0 N–H and O–H groups in total. The van der Waals surface area contributed by atoms with Gasteiger partial charge in [0.25, 0.3) is 0 Å². The Kier molecular flexibility index (Phi) is 6.91. The van der Waals surface area contributed by atoms with E-state index in [2.05, 4.69) is 15.9 Å². The van der Waals surface area contributed by atoms with Crippen molar-refractivity contribution in [2.24, 2.45) is 5.92 Å². The van der Waals surface area contributed by atoms with Gasteiger partial charge in [-0.25, -0.2) is 4.79 Å². The van der Waals surface area contributed by atoms with Crippen LogP contribution in [0.3, 0.4) is 0 Å². The highest BCUT2D eigenvalue weighted by molar-refractivity contribution is 9.10. The largest absolute Gasteiger partial charge is 0.449 e. The number of halogens is 2. The third-order valence-electron chi connectivity index (χ3n) is 4.78. The molecule has 4 nitrogen and oxygen atoms in total. The Morgan fingerprint density at radius 2 is 1.67 bits per heavy atom. The minimum atomic E-state index is -0.301. The molecule has 1 amide bonds. The average molecular weight is 451 g/mol. The maximum absolute atomic E-state index is 12.6. The number of ether oxygens (including phenoxy) is 1. The quantitative estimate of drug-likeness (QED) is 0.575. The van der Waals surface area contributed by atoms with E-state index in [4.69, 9.17) is 16.3 Å². The lowest BCUT2D eigenvalue weighted by Gasteiger charge is -2.30. The third kappa shape index (κ3) is 5.56. The van der Waals surface area contributed by atoms with E-state index in [0.717, 1.165) is 10.0 Å². The summed E-state index contributed by atoms with van der Waals surface area (Å²) in [4.78, 5) is 26.5. The summed E-state index contributed by atoms with van der Waals surface area (Å²) in [6.45, 7) is 1.44. The lowest BCUT2D eigenvalue weighted by molar-refractivity contribution is 0.0741. The van der Waals surface area contributed by atoms with Crippen molar-refractivity contribution in [3.05, 3.63) is 69.2 Å². The Morgan fingerprint density at radius 1 is 1.04 bits per heavy atom.